The molecule has 0 aliphatic rings. The van der Waals surface area contributed by atoms with Crippen molar-refractivity contribution in [2.45, 2.75) is 0 Å². The van der Waals surface area contributed by atoms with E-state index < -0.39 is 0 Å². The van der Waals surface area contributed by atoms with Crippen LogP contribution in [0.2, 0.25) is 0 Å². The summed E-state index contributed by atoms with van der Waals surface area (Å²) in [5.41, 5.74) is 7.10. The second kappa shape index (κ2) is 8.52. The molecule has 1 heteroatoms. The van der Waals surface area contributed by atoms with Gasteiger partial charge in [0.25, 0.3) is 0 Å². The highest BCUT2D eigenvalue weighted by molar-refractivity contribution is 5.48. The van der Waals surface area contributed by atoms with Crippen LogP contribution in [-0.4, -0.2) is 0 Å². The van der Waals surface area contributed by atoms with Crippen LogP contribution in [0.25, 0.3) is 0 Å². The summed E-state index contributed by atoms with van der Waals surface area (Å²) in [6.07, 6.45) is 4.91. The van der Waals surface area contributed by atoms with E-state index in [9.17, 15) is 0 Å². The van der Waals surface area contributed by atoms with Crippen LogP contribution in [0.15, 0.2) is 24.3 Å². The van der Waals surface area contributed by atoms with E-state index in [1.165, 1.54) is 0 Å². The fraction of sp³-hybridized carbons (Fsp3) is 0. The van der Waals surface area contributed by atoms with Crippen molar-refractivity contribution in [1.29, 1.82) is 0 Å². The summed E-state index contributed by atoms with van der Waals surface area (Å²) >= 11 is 0. The summed E-state index contributed by atoms with van der Waals surface area (Å²) in [7, 11) is 0. The molecule has 0 aliphatic carbocycles. The molecular weight excluding hydrogens is 230 g/mol. The second-order valence-electron chi connectivity index (χ2n) is 3.02. The predicted octanol–water partition coefficient (Wildman–Crippen LogP) is 1.27. The van der Waals surface area contributed by atoms with Crippen LogP contribution in [-0.2, 0) is 0 Å². The van der Waals surface area contributed by atoms with Crippen LogP contribution >= 0.6 is 0 Å². The zero-order valence-electron chi connectivity index (χ0n) is 9.96. The van der Waals surface area contributed by atoms with Gasteiger partial charge < -0.3 is 5.73 Å². The van der Waals surface area contributed by atoms with Gasteiger partial charge in [0.05, 0.1) is 0 Å². The van der Waals surface area contributed by atoms with Crippen LogP contribution < -0.4 is 5.73 Å². The highest BCUT2D eigenvalue weighted by Crippen LogP contribution is 2.03. The number of hydrogen-bond acceptors (Lipinski definition) is 1. The molecule has 0 fully saturated rings. The Balaban J connectivity index is 2.57. The molecule has 0 atom stereocenters. The topological polar surface area (TPSA) is 26.0 Å². The molecule has 0 aromatic heterocycles. The Hall–Kier alpha value is -3.62. The average Bonchev–Trinajstić information content (AvgIpc) is 2.43. The molecule has 1 aromatic carbocycles. The quantitative estimate of drug-likeness (QED) is 0.533. The molecule has 0 radical (unpaired) electrons. The third-order valence-electron chi connectivity index (χ3n) is 1.69. The van der Waals surface area contributed by atoms with Gasteiger partial charge >= 0.3 is 0 Å². The summed E-state index contributed by atoms with van der Waals surface area (Å²) in [6, 6.07) is 7.21. The summed E-state index contributed by atoms with van der Waals surface area (Å²) < 4.78 is 0. The van der Waals surface area contributed by atoms with Crippen LogP contribution in [0, 0.1) is 71.5 Å². The van der Waals surface area contributed by atoms with Gasteiger partial charge in [-0.1, -0.05) is 5.92 Å². The highest BCUT2D eigenvalue weighted by Gasteiger charge is 1.84. The van der Waals surface area contributed by atoms with E-state index in [0.29, 0.717) is 5.69 Å². The van der Waals surface area contributed by atoms with Gasteiger partial charge in [-0.25, -0.2) is 0 Å². The maximum absolute atomic E-state index is 5.55. The molecule has 1 rings (SSSR count). The lowest BCUT2D eigenvalue weighted by Gasteiger charge is -1.90. The molecule has 2 N–H and O–H groups in total. The number of nitrogens with two attached hydrogens (primary N) is 1. The molecule has 1 nitrogen and oxygen atoms in total. The summed E-state index contributed by atoms with van der Waals surface area (Å²) in [5, 5.41) is 0. The van der Waals surface area contributed by atoms with E-state index in [1.54, 1.807) is 12.1 Å². The molecule has 84 valence electrons. The Labute approximate surface area is 113 Å². The molecule has 0 heterocycles. The standard InChI is InChI=1S/C18H7N/c1-2-3-4-5-6-7-8-9-10-11-12-17-13-15-18(19)16-14-17/h1,13-16H,19H2. The monoisotopic (exact) mass is 237 g/mol. The molecule has 19 heavy (non-hydrogen) atoms. The van der Waals surface area contributed by atoms with E-state index in [2.05, 4.69) is 65.1 Å². The zero-order valence-corrected chi connectivity index (χ0v) is 9.96. The molecule has 0 aliphatic heterocycles. The molecular formula is C18H7N. The van der Waals surface area contributed by atoms with Crippen molar-refractivity contribution >= 4 is 5.69 Å². The normalized spacial score (nSPS) is 6.05. The summed E-state index contributed by atoms with van der Waals surface area (Å²) in [4.78, 5) is 0. The number of terminal acetylenes is 1. The van der Waals surface area contributed by atoms with Gasteiger partial charge in [0.15, 0.2) is 0 Å². The van der Waals surface area contributed by atoms with Gasteiger partial charge in [0.2, 0.25) is 0 Å². The lowest BCUT2D eigenvalue weighted by molar-refractivity contribution is 1.64. The Morgan fingerprint density at radius 3 is 1.68 bits per heavy atom. The Morgan fingerprint density at radius 1 is 0.684 bits per heavy atom. The molecule has 0 spiro atoms. The summed E-state index contributed by atoms with van der Waals surface area (Å²) in [6.45, 7) is 0. The molecule has 0 unspecified atom stereocenters. The van der Waals surface area contributed by atoms with Gasteiger partial charge in [0.1, 0.15) is 0 Å². The minimum Gasteiger partial charge on any atom is -0.399 e. The first-order valence-corrected chi connectivity index (χ1v) is 5.15. The predicted molar refractivity (Wildman–Crippen MR) is 77.7 cm³/mol. The number of benzene rings is 1. The van der Waals surface area contributed by atoms with Gasteiger partial charge in [-0.15, -0.1) is 6.42 Å². The fourth-order valence-electron chi connectivity index (χ4n) is 0.925. The van der Waals surface area contributed by atoms with Crippen molar-refractivity contribution in [2.75, 3.05) is 5.73 Å². The first-order valence-electron chi connectivity index (χ1n) is 5.15. The first-order chi connectivity index (χ1) is 9.33. The summed E-state index contributed by atoms with van der Waals surface area (Å²) in [5.74, 6) is 27.6. The van der Waals surface area contributed by atoms with Crippen LogP contribution in [0.4, 0.5) is 5.69 Å². The fourth-order valence-corrected chi connectivity index (χ4v) is 0.925. The average molecular weight is 237 g/mol. The third-order valence-corrected chi connectivity index (χ3v) is 1.69. The van der Waals surface area contributed by atoms with Crippen LogP contribution in [0.5, 0.6) is 0 Å². The van der Waals surface area contributed by atoms with E-state index in [4.69, 9.17) is 12.2 Å². The van der Waals surface area contributed by atoms with Crippen molar-refractivity contribution in [2.24, 2.45) is 0 Å². The van der Waals surface area contributed by atoms with Crippen molar-refractivity contribution in [3.63, 3.8) is 0 Å². The van der Waals surface area contributed by atoms with Gasteiger partial charge in [-0.3, -0.25) is 0 Å². The number of nitrogen functional groups attached to an aromatic ring is 1. The van der Waals surface area contributed by atoms with Crippen molar-refractivity contribution in [3.8, 4) is 71.5 Å². The largest absolute Gasteiger partial charge is 0.399 e. The van der Waals surface area contributed by atoms with Gasteiger partial charge in [0, 0.05) is 11.3 Å². The van der Waals surface area contributed by atoms with E-state index in [1.807, 2.05) is 12.1 Å². The third kappa shape index (κ3) is 6.52. The minimum atomic E-state index is 0.703. The lowest BCUT2D eigenvalue weighted by atomic mass is 10.2. The number of rotatable bonds is 0. The smallest absolute Gasteiger partial charge is 0.0314 e. The molecule has 0 saturated heterocycles. The van der Waals surface area contributed by atoms with Crippen LogP contribution in [0.3, 0.4) is 0 Å². The van der Waals surface area contributed by atoms with Gasteiger partial charge in [-0.05, 0) is 83.5 Å². The molecule has 0 saturated carbocycles. The molecule has 0 bridgehead atoms. The Kier molecular flexibility index (Phi) is 6.03. The number of anilines is 1. The zero-order chi connectivity index (χ0) is 13.8. The van der Waals surface area contributed by atoms with E-state index >= 15 is 0 Å². The van der Waals surface area contributed by atoms with Crippen molar-refractivity contribution in [3.05, 3.63) is 29.8 Å². The molecule has 0 amide bonds. The number of hydrogen-bond donors (Lipinski definition) is 1. The van der Waals surface area contributed by atoms with E-state index in [-0.39, 0.29) is 0 Å². The maximum atomic E-state index is 5.55. The van der Waals surface area contributed by atoms with Crippen molar-refractivity contribution in [1.82, 2.24) is 0 Å². The Morgan fingerprint density at radius 2 is 1.16 bits per heavy atom. The second-order valence-corrected chi connectivity index (χ2v) is 3.02. The van der Waals surface area contributed by atoms with Gasteiger partial charge in [-0.2, -0.15) is 0 Å². The highest BCUT2D eigenvalue weighted by atomic mass is 14.5. The lowest BCUT2D eigenvalue weighted by Crippen LogP contribution is -1.82. The Bertz CT molecular complexity index is 791. The van der Waals surface area contributed by atoms with Crippen LogP contribution in [0.1, 0.15) is 5.56 Å². The minimum absolute atomic E-state index is 0.703. The van der Waals surface area contributed by atoms with Crippen molar-refractivity contribution < 1.29 is 0 Å². The molecule has 1 aromatic rings. The maximum Gasteiger partial charge on any atom is 0.0314 e. The first kappa shape index (κ1) is 13.4. The SMILES string of the molecule is C#CC#CC#CC#CC#CC#Cc1ccc(N)cc1. The van der Waals surface area contributed by atoms with E-state index in [0.717, 1.165) is 5.56 Å².